The number of nitrogens with one attached hydrogen (secondary N) is 1. The van der Waals surface area contributed by atoms with Crippen LogP contribution in [-0.2, 0) is 21.9 Å². The minimum Gasteiger partial charge on any atom is -0.425 e. The van der Waals surface area contributed by atoms with Gasteiger partial charge in [-0.3, -0.25) is 9.69 Å². The number of ether oxygens (including phenoxy) is 1. The molecule has 1 unspecified atom stereocenters. The van der Waals surface area contributed by atoms with E-state index in [0.29, 0.717) is 17.0 Å². The van der Waals surface area contributed by atoms with Crippen molar-refractivity contribution in [1.82, 2.24) is 5.32 Å². The minimum absolute atomic E-state index is 0.0258. The average molecular weight is 430 g/mol. The molecule has 0 aliphatic carbocycles. The number of carbonyl (C=O) groups excluding carboxylic acids is 2. The number of halogens is 6. The van der Waals surface area contributed by atoms with Crippen molar-refractivity contribution in [2.45, 2.75) is 44.1 Å². The Labute approximate surface area is 160 Å². The Morgan fingerprint density at radius 2 is 1.57 bits per heavy atom. The molecule has 0 spiro atoms. The van der Waals surface area contributed by atoms with Crippen molar-refractivity contribution in [1.29, 1.82) is 0 Å². The lowest BCUT2D eigenvalue weighted by atomic mass is 10.1. The van der Waals surface area contributed by atoms with Crippen LogP contribution in [0.1, 0.15) is 31.9 Å². The van der Waals surface area contributed by atoms with Crippen molar-refractivity contribution in [2.75, 3.05) is 10.8 Å². The Balaban J connectivity index is 2.28. The van der Waals surface area contributed by atoms with Crippen LogP contribution in [0.5, 0.6) is 0 Å². The third-order valence-electron chi connectivity index (χ3n) is 3.40. The number of anilines is 1. The van der Waals surface area contributed by atoms with Gasteiger partial charge in [-0.15, -0.1) is 0 Å². The highest BCUT2D eigenvalue weighted by Gasteiger charge is 2.41. The summed E-state index contributed by atoms with van der Waals surface area (Å²) in [5.41, 5.74) is -5.70. The zero-order chi connectivity index (χ0) is 21.5. The van der Waals surface area contributed by atoms with Crippen molar-refractivity contribution < 1.29 is 40.7 Å². The molecule has 5 nitrogen and oxygen atoms in total. The lowest BCUT2D eigenvalue weighted by Crippen LogP contribution is -2.43. The van der Waals surface area contributed by atoms with Gasteiger partial charge in [-0.25, -0.2) is 4.79 Å². The Morgan fingerprint density at radius 1 is 1.07 bits per heavy atom. The maximum Gasteiger partial charge on any atom is 0.416 e. The standard InChI is InChI=1S/C16H16F6N2O3S/c1-14(2,3)23-13(26)27-12-11(25)24(7-28-12)10-5-8(15(17,18)19)4-9(6-10)16(20,21)22/h4-6,12H,7H2,1-3H3,(H,23,26). The number of alkyl halides is 6. The van der Waals surface area contributed by atoms with Gasteiger partial charge in [-0.2, -0.15) is 26.3 Å². The third-order valence-corrected chi connectivity index (χ3v) is 4.41. The predicted octanol–water partition coefficient (Wildman–Crippen LogP) is 4.61. The summed E-state index contributed by atoms with van der Waals surface area (Å²) >= 11 is 0.765. The molecule has 0 saturated carbocycles. The van der Waals surface area contributed by atoms with E-state index in [1.807, 2.05) is 0 Å². The fourth-order valence-corrected chi connectivity index (χ4v) is 3.20. The van der Waals surface area contributed by atoms with E-state index in [1.54, 1.807) is 20.8 Å². The molecular formula is C16H16F6N2O3S. The highest BCUT2D eigenvalue weighted by molar-refractivity contribution is 8.01. The fourth-order valence-electron chi connectivity index (χ4n) is 2.22. The van der Waals surface area contributed by atoms with Crippen molar-refractivity contribution in [3.05, 3.63) is 29.3 Å². The van der Waals surface area contributed by atoms with E-state index in [9.17, 15) is 35.9 Å². The zero-order valence-electron chi connectivity index (χ0n) is 14.9. The first-order valence-corrected chi connectivity index (χ1v) is 8.84. The molecule has 12 heteroatoms. The van der Waals surface area contributed by atoms with E-state index in [0.717, 1.165) is 11.8 Å². The van der Waals surface area contributed by atoms with Gasteiger partial charge in [0.1, 0.15) is 0 Å². The zero-order valence-corrected chi connectivity index (χ0v) is 15.7. The van der Waals surface area contributed by atoms with Gasteiger partial charge in [-0.05, 0) is 39.0 Å². The number of nitrogens with zero attached hydrogens (tertiary/aromatic N) is 1. The van der Waals surface area contributed by atoms with Gasteiger partial charge in [0.2, 0.25) is 5.44 Å². The second-order valence-corrected chi connectivity index (χ2v) is 7.96. The lowest BCUT2D eigenvalue weighted by Gasteiger charge is -2.22. The van der Waals surface area contributed by atoms with Gasteiger partial charge in [0.05, 0.1) is 17.0 Å². The monoisotopic (exact) mass is 430 g/mol. The Kier molecular flexibility index (Phi) is 5.84. The first kappa shape index (κ1) is 22.2. The van der Waals surface area contributed by atoms with E-state index in [2.05, 4.69) is 5.32 Å². The molecule has 2 rings (SSSR count). The number of hydrogen-bond donors (Lipinski definition) is 1. The Hall–Kier alpha value is -2.11. The van der Waals surface area contributed by atoms with E-state index in [4.69, 9.17) is 4.74 Å². The van der Waals surface area contributed by atoms with Crippen LogP contribution >= 0.6 is 11.8 Å². The van der Waals surface area contributed by atoms with Gasteiger partial charge in [0, 0.05) is 11.2 Å². The van der Waals surface area contributed by atoms with Gasteiger partial charge in [-0.1, -0.05) is 11.8 Å². The SMILES string of the molecule is CC(C)(C)NC(=O)OC1SCN(c2cc(C(F)(F)F)cc(C(F)(F)F)c2)C1=O. The average Bonchev–Trinajstić information content (AvgIpc) is 2.84. The lowest BCUT2D eigenvalue weighted by molar-refractivity contribution is -0.143. The van der Waals surface area contributed by atoms with Crippen LogP contribution in [-0.4, -0.2) is 28.9 Å². The summed E-state index contributed by atoms with van der Waals surface area (Å²) in [6, 6.07) is 0.874. The molecule has 1 aromatic rings. The van der Waals surface area contributed by atoms with Crippen LogP contribution in [0.2, 0.25) is 0 Å². The number of hydrogen-bond acceptors (Lipinski definition) is 4. The summed E-state index contributed by atoms with van der Waals surface area (Å²) in [6.07, 6.45) is -11.0. The summed E-state index contributed by atoms with van der Waals surface area (Å²) in [4.78, 5) is 24.8. The van der Waals surface area contributed by atoms with Crippen LogP contribution in [0.4, 0.5) is 36.8 Å². The number of thioether (sulfide) groups is 1. The normalized spacial score (nSPS) is 18.4. The maximum absolute atomic E-state index is 13.0. The molecule has 1 aliphatic rings. The van der Waals surface area contributed by atoms with E-state index in [-0.39, 0.29) is 11.9 Å². The molecule has 1 saturated heterocycles. The molecule has 1 atom stereocenters. The minimum atomic E-state index is -5.03. The molecule has 1 N–H and O–H groups in total. The van der Waals surface area contributed by atoms with Crippen molar-refractivity contribution in [3.63, 3.8) is 0 Å². The fraction of sp³-hybridized carbons (Fsp3) is 0.500. The van der Waals surface area contributed by atoms with Crippen LogP contribution < -0.4 is 10.2 Å². The number of amides is 2. The van der Waals surface area contributed by atoms with Gasteiger partial charge in [0.25, 0.3) is 5.91 Å². The molecular weight excluding hydrogens is 414 g/mol. The number of carbonyl (C=O) groups is 2. The molecule has 156 valence electrons. The topological polar surface area (TPSA) is 58.6 Å². The summed E-state index contributed by atoms with van der Waals surface area (Å²) in [6.45, 7) is 4.97. The van der Waals surface area contributed by atoms with Gasteiger partial charge < -0.3 is 10.1 Å². The van der Waals surface area contributed by atoms with Crippen molar-refractivity contribution >= 4 is 29.4 Å². The molecule has 1 heterocycles. The van der Waals surface area contributed by atoms with Crippen molar-refractivity contribution in [2.24, 2.45) is 0 Å². The van der Waals surface area contributed by atoms with Gasteiger partial charge >= 0.3 is 18.4 Å². The van der Waals surface area contributed by atoms with E-state index in [1.165, 1.54) is 0 Å². The summed E-state index contributed by atoms with van der Waals surface area (Å²) < 4.78 is 82.8. The summed E-state index contributed by atoms with van der Waals surface area (Å²) in [7, 11) is 0. The largest absolute Gasteiger partial charge is 0.425 e. The Morgan fingerprint density at radius 3 is 2.00 bits per heavy atom. The third kappa shape index (κ3) is 5.46. The molecule has 1 fully saturated rings. The predicted molar refractivity (Wildman–Crippen MR) is 89.5 cm³/mol. The highest BCUT2D eigenvalue weighted by atomic mass is 32.2. The van der Waals surface area contributed by atoms with Crippen molar-refractivity contribution in [3.8, 4) is 0 Å². The first-order valence-electron chi connectivity index (χ1n) is 7.79. The highest BCUT2D eigenvalue weighted by Crippen LogP contribution is 2.40. The molecule has 1 aromatic carbocycles. The van der Waals surface area contributed by atoms with E-state index >= 15 is 0 Å². The van der Waals surface area contributed by atoms with Crippen LogP contribution in [0.15, 0.2) is 18.2 Å². The number of benzene rings is 1. The summed E-state index contributed by atoms with van der Waals surface area (Å²) in [5, 5.41) is 2.44. The van der Waals surface area contributed by atoms with Crippen LogP contribution in [0, 0.1) is 0 Å². The molecule has 1 aliphatic heterocycles. The molecule has 2 amide bonds. The molecule has 28 heavy (non-hydrogen) atoms. The maximum atomic E-state index is 13.0. The second kappa shape index (κ2) is 7.37. The summed E-state index contributed by atoms with van der Waals surface area (Å²) in [5.74, 6) is -1.20. The molecule has 0 radical (unpaired) electrons. The van der Waals surface area contributed by atoms with Crippen LogP contribution in [0.25, 0.3) is 0 Å². The first-order chi connectivity index (χ1) is 12.6. The molecule has 0 bridgehead atoms. The van der Waals surface area contributed by atoms with E-state index < -0.39 is 52.1 Å². The van der Waals surface area contributed by atoms with Gasteiger partial charge in [0.15, 0.2) is 0 Å². The smallest absolute Gasteiger partial charge is 0.416 e. The van der Waals surface area contributed by atoms with Crippen LogP contribution in [0.3, 0.4) is 0 Å². The number of rotatable bonds is 2. The second-order valence-electron chi connectivity index (χ2n) is 6.94. The quantitative estimate of drug-likeness (QED) is 0.697. The number of alkyl carbamates (subject to hydrolysis) is 1. The Bertz CT molecular complexity index is 741. The molecule has 0 aromatic heterocycles.